The van der Waals surface area contributed by atoms with Crippen LogP contribution in [0.3, 0.4) is 0 Å². The van der Waals surface area contributed by atoms with Gasteiger partial charge in [-0.05, 0) is 59.4 Å². The molecular formula is C18H20O2. The highest BCUT2D eigenvalue weighted by Gasteiger charge is 2.09. The van der Waals surface area contributed by atoms with Gasteiger partial charge in [0.2, 0.25) is 0 Å². The highest BCUT2D eigenvalue weighted by molar-refractivity contribution is 5.91. The summed E-state index contributed by atoms with van der Waals surface area (Å²) in [4.78, 5) is 0. The van der Waals surface area contributed by atoms with E-state index in [0.717, 1.165) is 24.0 Å². The van der Waals surface area contributed by atoms with Crippen molar-refractivity contribution >= 4 is 11.1 Å². The van der Waals surface area contributed by atoms with Gasteiger partial charge in [-0.2, -0.15) is 0 Å². The Hall–Kier alpha value is -2.22. The first-order valence-corrected chi connectivity index (χ1v) is 6.96. The van der Waals surface area contributed by atoms with Gasteiger partial charge in [-0.15, -0.1) is 0 Å². The molecule has 2 N–H and O–H groups in total. The largest absolute Gasteiger partial charge is 0.508 e. The fraction of sp³-hybridized carbons (Fsp3) is 0.222. The van der Waals surface area contributed by atoms with E-state index in [4.69, 9.17) is 0 Å². The molecular weight excluding hydrogens is 248 g/mol. The quantitative estimate of drug-likeness (QED) is 0.780. The van der Waals surface area contributed by atoms with Crippen LogP contribution in [0.25, 0.3) is 11.1 Å². The summed E-state index contributed by atoms with van der Waals surface area (Å²) in [5, 5.41) is 19.1. The molecule has 20 heavy (non-hydrogen) atoms. The molecule has 2 nitrogen and oxygen atoms in total. The van der Waals surface area contributed by atoms with Crippen molar-refractivity contribution in [3.8, 4) is 11.5 Å². The molecule has 2 rings (SSSR count). The maximum atomic E-state index is 9.66. The van der Waals surface area contributed by atoms with Crippen LogP contribution in [0.15, 0.2) is 48.5 Å². The third-order valence-corrected chi connectivity index (χ3v) is 3.48. The standard InChI is InChI=1S/C18H20O2/c1-3-17(13-8-10-15(19)11-9-13)18(4-2)14-6-5-7-16(20)12-14/h5-12,19-20H,3-4H2,1-2H3/b18-17-. The predicted molar refractivity (Wildman–Crippen MR) is 83.6 cm³/mol. The van der Waals surface area contributed by atoms with Crippen molar-refractivity contribution in [1.82, 2.24) is 0 Å². The first-order valence-electron chi connectivity index (χ1n) is 6.96. The van der Waals surface area contributed by atoms with E-state index < -0.39 is 0 Å². The summed E-state index contributed by atoms with van der Waals surface area (Å²) in [7, 11) is 0. The van der Waals surface area contributed by atoms with Gasteiger partial charge >= 0.3 is 0 Å². The second kappa shape index (κ2) is 6.29. The van der Waals surface area contributed by atoms with Crippen LogP contribution in [0.1, 0.15) is 37.8 Å². The normalized spacial score (nSPS) is 12.1. The molecule has 2 aromatic rings. The van der Waals surface area contributed by atoms with Crippen LogP contribution in [-0.4, -0.2) is 10.2 Å². The number of allylic oxidation sites excluding steroid dienone is 2. The van der Waals surface area contributed by atoms with E-state index in [1.54, 1.807) is 24.3 Å². The van der Waals surface area contributed by atoms with E-state index in [-0.39, 0.29) is 11.5 Å². The zero-order valence-corrected chi connectivity index (χ0v) is 11.9. The van der Waals surface area contributed by atoms with Gasteiger partial charge in [0, 0.05) is 0 Å². The molecule has 2 heteroatoms. The second-order valence-electron chi connectivity index (χ2n) is 4.76. The summed E-state index contributed by atoms with van der Waals surface area (Å²) < 4.78 is 0. The summed E-state index contributed by atoms with van der Waals surface area (Å²) in [5.41, 5.74) is 4.65. The van der Waals surface area contributed by atoms with E-state index in [1.165, 1.54) is 11.1 Å². The van der Waals surface area contributed by atoms with E-state index in [2.05, 4.69) is 13.8 Å². The molecule has 0 fully saturated rings. The number of hydrogen-bond donors (Lipinski definition) is 2. The van der Waals surface area contributed by atoms with E-state index in [1.807, 2.05) is 24.3 Å². The van der Waals surface area contributed by atoms with Gasteiger partial charge in [-0.1, -0.05) is 38.1 Å². The lowest BCUT2D eigenvalue weighted by Crippen LogP contribution is -1.91. The van der Waals surface area contributed by atoms with E-state index in [9.17, 15) is 10.2 Å². The average molecular weight is 268 g/mol. The summed E-state index contributed by atoms with van der Waals surface area (Å²) in [6.45, 7) is 4.25. The van der Waals surface area contributed by atoms with Crippen LogP contribution in [0.4, 0.5) is 0 Å². The SMILES string of the molecule is CC/C(=C(\CC)c1cccc(O)c1)c1ccc(O)cc1. The van der Waals surface area contributed by atoms with Gasteiger partial charge in [0.25, 0.3) is 0 Å². The number of rotatable bonds is 4. The van der Waals surface area contributed by atoms with Crippen LogP contribution in [0.2, 0.25) is 0 Å². The Morgan fingerprint density at radius 1 is 0.750 bits per heavy atom. The van der Waals surface area contributed by atoms with Gasteiger partial charge in [-0.25, -0.2) is 0 Å². The number of phenolic OH excluding ortho intramolecular Hbond substituents is 2. The van der Waals surface area contributed by atoms with Gasteiger partial charge in [0.1, 0.15) is 11.5 Å². The highest BCUT2D eigenvalue weighted by Crippen LogP contribution is 2.33. The number of aromatic hydroxyl groups is 2. The monoisotopic (exact) mass is 268 g/mol. The van der Waals surface area contributed by atoms with Crippen LogP contribution < -0.4 is 0 Å². The molecule has 0 saturated carbocycles. The van der Waals surface area contributed by atoms with Crippen molar-refractivity contribution in [2.45, 2.75) is 26.7 Å². The molecule has 104 valence electrons. The first kappa shape index (κ1) is 14.2. The molecule has 0 unspecified atom stereocenters. The Bertz CT molecular complexity index is 610. The third kappa shape index (κ3) is 3.02. The summed E-state index contributed by atoms with van der Waals surface area (Å²) in [6.07, 6.45) is 1.80. The summed E-state index contributed by atoms with van der Waals surface area (Å²) in [5.74, 6) is 0.564. The lowest BCUT2D eigenvalue weighted by Gasteiger charge is -2.14. The zero-order chi connectivity index (χ0) is 14.5. The number of hydrogen-bond acceptors (Lipinski definition) is 2. The van der Waals surface area contributed by atoms with Crippen molar-refractivity contribution in [3.05, 3.63) is 59.7 Å². The van der Waals surface area contributed by atoms with Crippen LogP contribution >= 0.6 is 0 Å². The van der Waals surface area contributed by atoms with Crippen molar-refractivity contribution in [2.24, 2.45) is 0 Å². The summed E-state index contributed by atoms with van der Waals surface area (Å²) in [6, 6.07) is 14.7. The molecule has 0 aliphatic carbocycles. The van der Waals surface area contributed by atoms with Gasteiger partial charge < -0.3 is 10.2 Å². The highest BCUT2D eigenvalue weighted by atomic mass is 16.3. The molecule has 0 radical (unpaired) electrons. The zero-order valence-electron chi connectivity index (χ0n) is 11.9. The molecule has 0 aliphatic heterocycles. The molecule has 0 saturated heterocycles. The molecule has 0 bridgehead atoms. The number of benzene rings is 2. The Labute approximate surface area is 120 Å². The maximum Gasteiger partial charge on any atom is 0.116 e. The molecule has 0 amide bonds. The fourth-order valence-electron chi connectivity index (χ4n) is 2.54. The van der Waals surface area contributed by atoms with E-state index >= 15 is 0 Å². The molecule has 0 spiro atoms. The Balaban J connectivity index is 2.55. The minimum absolute atomic E-state index is 0.277. The third-order valence-electron chi connectivity index (χ3n) is 3.48. The van der Waals surface area contributed by atoms with Gasteiger partial charge in [0.05, 0.1) is 0 Å². The average Bonchev–Trinajstić information content (AvgIpc) is 2.46. The second-order valence-corrected chi connectivity index (χ2v) is 4.76. The molecule has 2 aromatic carbocycles. The van der Waals surface area contributed by atoms with Gasteiger partial charge in [0.15, 0.2) is 0 Å². The van der Waals surface area contributed by atoms with Crippen LogP contribution in [-0.2, 0) is 0 Å². The van der Waals surface area contributed by atoms with Gasteiger partial charge in [-0.3, -0.25) is 0 Å². The van der Waals surface area contributed by atoms with Crippen molar-refractivity contribution < 1.29 is 10.2 Å². The molecule has 0 atom stereocenters. The van der Waals surface area contributed by atoms with E-state index in [0.29, 0.717) is 0 Å². The lowest BCUT2D eigenvalue weighted by atomic mass is 9.91. The lowest BCUT2D eigenvalue weighted by molar-refractivity contribution is 0.474. The molecule has 0 aliphatic rings. The smallest absolute Gasteiger partial charge is 0.116 e. The Morgan fingerprint density at radius 2 is 1.35 bits per heavy atom. The minimum Gasteiger partial charge on any atom is -0.508 e. The fourth-order valence-corrected chi connectivity index (χ4v) is 2.54. The van der Waals surface area contributed by atoms with Crippen molar-refractivity contribution in [3.63, 3.8) is 0 Å². The maximum absolute atomic E-state index is 9.66. The Kier molecular flexibility index (Phi) is 4.46. The molecule has 0 heterocycles. The minimum atomic E-state index is 0.277. The topological polar surface area (TPSA) is 40.5 Å². The van der Waals surface area contributed by atoms with Crippen molar-refractivity contribution in [1.29, 1.82) is 0 Å². The van der Waals surface area contributed by atoms with Crippen molar-refractivity contribution in [2.75, 3.05) is 0 Å². The Morgan fingerprint density at radius 3 is 1.90 bits per heavy atom. The predicted octanol–water partition coefficient (Wildman–Crippen LogP) is 4.83. The molecule has 0 aromatic heterocycles. The van der Waals surface area contributed by atoms with Crippen LogP contribution in [0.5, 0.6) is 11.5 Å². The van der Waals surface area contributed by atoms with Crippen LogP contribution in [0, 0.1) is 0 Å². The number of phenols is 2. The summed E-state index contributed by atoms with van der Waals surface area (Å²) >= 11 is 0. The first-order chi connectivity index (χ1) is 9.65.